The van der Waals surface area contributed by atoms with Gasteiger partial charge in [0.2, 0.25) is 11.9 Å². The number of nitrogens with zero attached hydrogens (tertiary/aromatic N) is 5. The third-order valence-electron chi connectivity index (χ3n) is 4.66. The van der Waals surface area contributed by atoms with Crippen LogP contribution in [0.4, 0.5) is 17.5 Å². The third kappa shape index (κ3) is 3.97. The van der Waals surface area contributed by atoms with Crippen LogP contribution in [0.1, 0.15) is 30.1 Å². The Bertz CT molecular complexity index is 1120. The molecule has 1 saturated carbocycles. The van der Waals surface area contributed by atoms with E-state index in [1.54, 1.807) is 31.2 Å². The number of rotatable bonds is 7. The molecule has 1 aliphatic carbocycles. The Balaban J connectivity index is 1.70. The summed E-state index contributed by atoms with van der Waals surface area (Å²) in [5.41, 5.74) is 1.55. The number of para-hydroxylation sites is 1. The molecule has 2 aromatic heterocycles. The van der Waals surface area contributed by atoms with Gasteiger partial charge in [0.05, 0.1) is 23.9 Å². The lowest BCUT2D eigenvalue weighted by atomic mass is 10.1. The lowest BCUT2D eigenvalue weighted by Gasteiger charge is -2.15. The van der Waals surface area contributed by atoms with Gasteiger partial charge >= 0.3 is 0 Å². The molecular formula is C20H21N7O3. The zero-order valence-corrected chi connectivity index (χ0v) is 16.8. The molecule has 0 atom stereocenters. The van der Waals surface area contributed by atoms with Crippen LogP contribution in [0.3, 0.4) is 0 Å². The molecule has 0 unspecified atom stereocenters. The highest BCUT2D eigenvalue weighted by atomic mass is 16.5. The fraction of sp³-hybridized carbons (Fsp3) is 0.300. The molecule has 4 rings (SSSR count). The largest absolute Gasteiger partial charge is 0.494 e. The van der Waals surface area contributed by atoms with Crippen LogP contribution in [0.25, 0.3) is 11.4 Å². The van der Waals surface area contributed by atoms with Crippen LogP contribution in [0.2, 0.25) is 0 Å². The first-order valence-electron chi connectivity index (χ1n) is 9.45. The molecular weight excluding hydrogens is 386 g/mol. The van der Waals surface area contributed by atoms with Gasteiger partial charge in [0.1, 0.15) is 12.1 Å². The van der Waals surface area contributed by atoms with Gasteiger partial charge in [0.15, 0.2) is 17.4 Å². The van der Waals surface area contributed by atoms with Crippen LogP contribution in [0.5, 0.6) is 5.75 Å². The lowest BCUT2D eigenvalue weighted by Crippen LogP contribution is -2.17. The second-order valence-electron chi connectivity index (χ2n) is 7.03. The van der Waals surface area contributed by atoms with E-state index >= 15 is 0 Å². The van der Waals surface area contributed by atoms with Gasteiger partial charge in [0, 0.05) is 19.2 Å². The topological polar surface area (TPSA) is 124 Å². The Morgan fingerprint density at radius 1 is 1.23 bits per heavy atom. The molecule has 2 N–H and O–H groups in total. The molecule has 10 heteroatoms. The normalized spacial score (nSPS) is 13.0. The fourth-order valence-electron chi connectivity index (χ4n) is 2.97. The van der Waals surface area contributed by atoms with Crippen LogP contribution >= 0.6 is 0 Å². The van der Waals surface area contributed by atoms with E-state index in [1.165, 1.54) is 13.1 Å². The number of aryl methyl sites for hydroxylation is 1. The number of benzene rings is 1. The maximum Gasteiger partial charge on any atom is 0.231 e. The van der Waals surface area contributed by atoms with Gasteiger partial charge in [-0.25, -0.2) is 9.97 Å². The molecule has 1 aliphatic rings. The number of carbonyl (C=O) groups is 2. The molecule has 0 radical (unpaired) electrons. The van der Waals surface area contributed by atoms with Gasteiger partial charge in [-0.3, -0.25) is 19.6 Å². The average molecular weight is 407 g/mol. The highest BCUT2D eigenvalue weighted by Crippen LogP contribution is 2.37. The predicted molar refractivity (Wildman–Crippen MR) is 110 cm³/mol. The van der Waals surface area contributed by atoms with Crippen LogP contribution < -0.4 is 15.4 Å². The van der Waals surface area contributed by atoms with E-state index < -0.39 is 0 Å². The van der Waals surface area contributed by atoms with Crippen molar-refractivity contribution in [1.29, 1.82) is 0 Å². The van der Waals surface area contributed by atoms with Crippen molar-refractivity contribution < 1.29 is 14.3 Å². The summed E-state index contributed by atoms with van der Waals surface area (Å²) in [7, 11) is 3.32. The van der Waals surface area contributed by atoms with E-state index in [9.17, 15) is 9.59 Å². The Kier molecular flexibility index (Phi) is 5.13. The summed E-state index contributed by atoms with van der Waals surface area (Å²) >= 11 is 0. The first-order chi connectivity index (χ1) is 14.5. The monoisotopic (exact) mass is 407 g/mol. The number of Topliss-reactive ketones (excluding diaryl/α,β-unsaturated/α-hetero) is 1. The summed E-state index contributed by atoms with van der Waals surface area (Å²) in [6.07, 6.45) is 4.74. The van der Waals surface area contributed by atoms with Crippen LogP contribution in [0, 0.1) is 5.92 Å². The van der Waals surface area contributed by atoms with Crippen molar-refractivity contribution in [2.24, 2.45) is 13.0 Å². The molecule has 10 nitrogen and oxygen atoms in total. The van der Waals surface area contributed by atoms with Crippen LogP contribution in [-0.2, 0) is 11.8 Å². The van der Waals surface area contributed by atoms with Crippen LogP contribution in [-0.4, -0.2) is 43.5 Å². The number of ether oxygens (including phenoxy) is 1. The quantitative estimate of drug-likeness (QED) is 0.573. The Labute approximate surface area is 172 Å². The van der Waals surface area contributed by atoms with E-state index in [4.69, 9.17) is 4.74 Å². The summed E-state index contributed by atoms with van der Waals surface area (Å²) in [4.78, 5) is 36.9. The Morgan fingerprint density at radius 3 is 2.67 bits per heavy atom. The number of carbonyl (C=O) groups excluding carboxylic acids is 2. The SMILES string of the molecule is COc1c(Nc2nc(NC(=O)C3CC3)ncc2C(C)=O)cccc1-c1ncn(C)n1. The zero-order valence-electron chi connectivity index (χ0n) is 16.8. The Hall–Kier alpha value is -3.82. The second-order valence-corrected chi connectivity index (χ2v) is 7.03. The molecule has 1 fully saturated rings. The Morgan fingerprint density at radius 2 is 2.03 bits per heavy atom. The minimum Gasteiger partial charge on any atom is -0.494 e. The minimum atomic E-state index is -0.209. The van der Waals surface area contributed by atoms with Crippen molar-refractivity contribution in [2.75, 3.05) is 17.7 Å². The summed E-state index contributed by atoms with van der Waals surface area (Å²) in [6, 6.07) is 5.45. The van der Waals surface area contributed by atoms with Crippen molar-refractivity contribution in [3.8, 4) is 17.1 Å². The molecule has 3 aromatic rings. The summed E-state index contributed by atoms with van der Waals surface area (Å²) < 4.78 is 7.20. The number of nitrogens with one attached hydrogen (secondary N) is 2. The van der Waals surface area contributed by atoms with E-state index in [0.29, 0.717) is 28.4 Å². The highest BCUT2D eigenvalue weighted by Gasteiger charge is 2.30. The number of amides is 1. The second kappa shape index (κ2) is 7.90. The van der Waals surface area contributed by atoms with Crippen molar-refractivity contribution in [1.82, 2.24) is 24.7 Å². The number of aromatic nitrogens is 5. The maximum atomic E-state index is 12.1. The fourth-order valence-corrected chi connectivity index (χ4v) is 2.97. The number of hydrogen-bond acceptors (Lipinski definition) is 8. The maximum absolute atomic E-state index is 12.1. The predicted octanol–water partition coefficient (Wildman–Crippen LogP) is 2.58. The van der Waals surface area contributed by atoms with Crippen LogP contribution in [0.15, 0.2) is 30.7 Å². The van der Waals surface area contributed by atoms with E-state index in [0.717, 1.165) is 12.8 Å². The van der Waals surface area contributed by atoms with Crippen molar-refractivity contribution in [2.45, 2.75) is 19.8 Å². The molecule has 0 aliphatic heterocycles. The minimum absolute atomic E-state index is 0.0140. The molecule has 0 bridgehead atoms. The van der Waals surface area contributed by atoms with Crippen molar-refractivity contribution in [3.05, 3.63) is 36.3 Å². The number of hydrogen-bond donors (Lipinski definition) is 2. The average Bonchev–Trinajstić information content (AvgIpc) is 3.49. The molecule has 1 amide bonds. The molecule has 30 heavy (non-hydrogen) atoms. The lowest BCUT2D eigenvalue weighted by molar-refractivity contribution is -0.117. The van der Waals surface area contributed by atoms with Gasteiger partial charge in [-0.05, 0) is 31.9 Å². The molecule has 2 heterocycles. The smallest absolute Gasteiger partial charge is 0.231 e. The van der Waals surface area contributed by atoms with E-state index in [-0.39, 0.29) is 29.4 Å². The van der Waals surface area contributed by atoms with Gasteiger partial charge in [-0.2, -0.15) is 10.1 Å². The molecule has 154 valence electrons. The molecule has 0 spiro atoms. The summed E-state index contributed by atoms with van der Waals surface area (Å²) in [5.74, 6) is 1.11. The summed E-state index contributed by atoms with van der Waals surface area (Å²) in [6.45, 7) is 1.43. The van der Waals surface area contributed by atoms with Gasteiger partial charge in [-0.1, -0.05) is 6.07 Å². The third-order valence-corrected chi connectivity index (χ3v) is 4.66. The van der Waals surface area contributed by atoms with Gasteiger partial charge in [-0.15, -0.1) is 0 Å². The summed E-state index contributed by atoms with van der Waals surface area (Å²) in [5, 5.41) is 10.2. The highest BCUT2D eigenvalue weighted by molar-refractivity contribution is 6.00. The number of anilines is 3. The first-order valence-corrected chi connectivity index (χ1v) is 9.45. The van der Waals surface area contributed by atoms with Crippen molar-refractivity contribution in [3.63, 3.8) is 0 Å². The number of ketones is 1. The first kappa shape index (κ1) is 19.5. The van der Waals surface area contributed by atoms with Gasteiger partial charge in [0.25, 0.3) is 0 Å². The number of methoxy groups -OCH3 is 1. The van der Waals surface area contributed by atoms with E-state index in [2.05, 4.69) is 30.7 Å². The molecule has 1 aromatic carbocycles. The van der Waals surface area contributed by atoms with Gasteiger partial charge < -0.3 is 10.1 Å². The standard InChI is InChI=1S/C20H21N7O3/c1-11(28)14-9-21-20(25-19(29)12-7-8-12)24-18(14)23-15-6-4-5-13(16(15)30-3)17-22-10-27(2)26-17/h4-6,9-10,12H,7-8H2,1-3H3,(H2,21,23,24,25,29). The molecule has 0 saturated heterocycles. The van der Waals surface area contributed by atoms with E-state index in [1.807, 2.05) is 12.1 Å². The zero-order chi connectivity index (χ0) is 21.3. The van der Waals surface area contributed by atoms with Crippen molar-refractivity contribution >= 4 is 29.1 Å².